The molecule has 0 aliphatic heterocycles. The molecule has 2 rings (SSSR count). The molecule has 0 aliphatic rings. The van der Waals surface area contributed by atoms with Crippen molar-refractivity contribution in [2.45, 2.75) is 20.3 Å². The first-order chi connectivity index (χ1) is 8.80. The second kappa shape index (κ2) is 5.41. The molecule has 0 N–H and O–H groups in total. The van der Waals surface area contributed by atoms with Crippen LogP contribution in [-0.4, -0.2) is 28.0 Å². The number of fused-ring (bicyclic) bond motifs is 1. The molecule has 0 spiro atoms. The topological polar surface area (TPSA) is 65.7 Å². The van der Waals surface area contributed by atoms with Crippen molar-refractivity contribution < 1.29 is 0 Å². The molecule has 0 radical (unpaired) electrons. The maximum atomic E-state index is 8.99. The molecule has 0 saturated heterocycles. The summed E-state index contributed by atoms with van der Waals surface area (Å²) in [5.74, 6) is 0.946. The molecule has 0 fully saturated rings. The van der Waals surface area contributed by atoms with Crippen molar-refractivity contribution in [1.29, 1.82) is 5.26 Å². The number of rotatable bonds is 4. The van der Waals surface area contributed by atoms with Crippen LogP contribution in [0.3, 0.4) is 0 Å². The Hall–Kier alpha value is -2.22. The highest BCUT2D eigenvalue weighted by Crippen LogP contribution is 2.21. The average Bonchev–Trinajstić information content (AvgIpc) is 2.43. The van der Waals surface area contributed by atoms with Crippen LogP contribution in [0.5, 0.6) is 0 Å². The van der Waals surface area contributed by atoms with Gasteiger partial charge in [0.2, 0.25) is 5.82 Å². The fraction of sp³-hybridized carbons (Fsp3) is 0.385. The Bertz CT molecular complexity index is 587. The van der Waals surface area contributed by atoms with Gasteiger partial charge in [0.1, 0.15) is 11.6 Å². The fourth-order valence-electron chi connectivity index (χ4n) is 1.91. The van der Waals surface area contributed by atoms with Gasteiger partial charge in [-0.15, -0.1) is 0 Å². The Morgan fingerprint density at radius 3 is 2.83 bits per heavy atom. The van der Waals surface area contributed by atoms with E-state index in [4.69, 9.17) is 5.26 Å². The number of nitrogens with zero attached hydrogens (tertiary/aromatic N) is 5. The quantitative estimate of drug-likeness (QED) is 0.820. The predicted octanol–water partition coefficient (Wildman–Crippen LogP) is 2.13. The van der Waals surface area contributed by atoms with Gasteiger partial charge in [-0.25, -0.2) is 4.98 Å². The number of anilines is 1. The molecule has 2 aromatic rings. The van der Waals surface area contributed by atoms with E-state index < -0.39 is 0 Å². The van der Waals surface area contributed by atoms with E-state index in [9.17, 15) is 0 Å². The molecule has 5 heteroatoms. The SMILES string of the molecule is CCCN(CC)c1nc(C#N)nc2cccnc12. The molecule has 0 saturated carbocycles. The lowest BCUT2D eigenvalue weighted by molar-refractivity contribution is 0.778. The van der Waals surface area contributed by atoms with Gasteiger partial charge in [-0.1, -0.05) is 6.92 Å². The van der Waals surface area contributed by atoms with Gasteiger partial charge < -0.3 is 4.90 Å². The minimum Gasteiger partial charge on any atom is -0.355 e. The summed E-state index contributed by atoms with van der Waals surface area (Å²) in [6.07, 6.45) is 2.75. The first kappa shape index (κ1) is 12.2. The molecule has 0 aliphatic carbocycles. The molecule has 2 aromatic heterocycles. The van der Waals surface area contributed by atoms with E-state index in [1.165, 1.54) is 0 Å². The Morgan fingerprint density at radius 2 is 2.17 bits per heavy atom. The van der Waals surface area contributed by atoms with Crippen molar-refractivity contribution in [3.8, 4) is 6.07 Å². The van der Waals surface area contributed by atoms with E-state index >= 15 is 0 Å². The van der Waals surface area contributed by atoms with Crippen LogP contribution in [0.4, 0.5) is 5.82 Å². The van der Waals surface area contributed by atoms with Crippen LogP contribution in [0.1, 0.15) is 26.1 Å². The summed E-state index contributed by atoms with van der Waals surface area (Å²) in [7, 11) is 0. The normalized spacial score (nSPS) is 10.3. The summed E-state index contributed by atoms with van der Waals surface area (Å²) in [4.78, 5) is 14.9. The van der Waals surface area contributed by atoms with Crippen LogP contribution in [0, 0.1) is 11.3 Å². The molecular formula is C13H15N5. The van der Waals surface area contributed by atoms with Crippen molar-refractivity contribution in [2.24, 2.45) is 0 Å². The Labute approximate surface area is 106 Å². The minimum absolute atomic E-state index is 0.194. The third kappa shape index (κ3) is 2.23. The Kier molecular flexibility index (Phi) is 3.68. The predicted molar refractivity (Wildman–Crippen MR) is 70.2 cm³/mol. The Balaban J connectivity index is 2.63. The minimum atomic E-state index is 0.194. The highest BCUT2D eigenvalue weighted by Gasteiger charge is 2.13. The number of aromatic nitrogens is 3. The van der Waals surface area contributed by atoms with Crippen LogP contribution in [-0.2, 0) is 0 Å². The fourth-order valence-corrected chi connectivity index (χ4v) is 1.91. The van der Waals surface area contributed by atoms with Crippen molar-refractivity contribution in [3.05, 3.63) is 24.2 Å². The number of pyridine rings is 1. The van der Waals surface area contributed by atoms with E-state index in [0.717, 1.165) is 30.8 Å². The maximum Gasteiger partial charge on any atom is 0.234 e. The molecule has 0 bridgehead atoms. The van der Waals surface area contributed by atoms with Crippen molar-refractivity contribution in [2.75, 3.05) is 18.0 Å². The van der Waals surface area contributed by atoms with Crippen LogP contribution in [0.15, 0.2) is 18.3 Å². The van der Waals surface area contributed by atoms with E-state index in [2.05, 4.69) is 33.7 Å². The summed E-state index contributed by atoms with van der Waals surface area (Å²) in [5, 5.41) is 8.99. The first-order valence-electron chi connectivity index (χ1n) is 6.08. The van der Waals surface area contributed by atoms with Gasteiger partial charge in [-0.3, -0.25) is 4.98 Å². The van der Waals surface area contributed by atoms with Crippen LogP contribution < -0.4 is 4.90 Å². The molecule has 0 atom stereocenters. The summed E-state index contributed by atoms with van der Waals surface area (Å²) in [6, 6.07) is 5.68. The molecule has 92 valence electrons. The number of nitriles is 1. The van der Waals surface area contributed by atoms with E-state index in [1.807, 2.05) is 18.2 Å². The van der Waals surface area contributed by atoms with Crippen molar-refractivity contribution in [1.82, 2.24) is 15.0 Å². The average molecular weight is 241 g/mol. The van der Waals surface area contributed by atoms with E-state index in [1.54, 1.807) is 6.20 Å². The monoisotopic (exact) mass is 241 g/mol. The molecular weight excluding hydrogens is 226 g/mol. The first-order valence-corrected chi connectivity index (χ1v) is 6.08. The molecule has 0 unspecified atom stereocenters. The van der Waals surface area contributed by atoms with Gasteiger partial charge in [-0.05, 0) is 25.5 Å². The lowest BCUT2D eigenvalue weighted by Crippen LogP contribution is -2.25. The van der Waals surface area contributed by atoms with E-state index in [-0.39, 0.29) is 5.82 Å². The van der Waals surface area contributed by atoms with Crippen LogP contribution >= 0.6 is 0 Å². The summed E-state index contributed by atoms with van der Waals surface area (Å²) in [5.41, 5.74) is 1.47. The van der Waals surface area contributed by atoms with Crippen molar-refractivity contribution >= 4 is 16.9 Å². The van der Waals surface area contributed by atoms with Gasteiger partial charge in [0.15, 0.2) is 5.82 Å². The molecule has 0 aromatic carbocycles. The summed E-state index contributed by atoms with van der Waals surface area (Å²) in [6.45, 7) is 5.91. The molecule has 2 heterocycles. The standard InChI is InChI=1S/C13H15N5/c1-3-8-18(4-2)13-12-10(6-5-7-15-12)16-11(9-14)17-13/h5-7H,3-4,8H2,1-2H3. The number of hydrogen-bond acceptors (Lipinski definition) is 5. The molecule has 18 heavy (non-hydrogen) atoms. The largest absolute Gasteiger partial charge is 0.355 e. The maximum absolute atomic E-state index is 8.99. The Morgan fingerprint density at radius 1 is 1.33 bits per heavy atom. The van der Waals surface area contributed by atoms with Gasteiger partial charge in [-0.2, -0.15) is 10.2 Å². The van der Waals surface area contributed by atoms with Gasteiger partial charge in [0.25, 0.3) is 0 Å². The summed E-state index contributed by atoms with van der Waals surface area (Å²) >= 11 is 0. The van der Waals surface area contributed by atoms with Gasteiger partial charge >= 0.3 is 0 Å². The zero-order valence-electron chi connectivity index (χ0n) is 10.6. The lowest BCUT2D eigenvalue weighted by Gasteiger charge is -2.21. The second-order valence-corrected chi connectivity index (χ2v) is 3.93. The van der Waals surface area contributed by atoms with Gasteiger partial charge in [0.05, 0.1) is 5.52 Å². The lowest BCUT2D eigenvalue weighted by atomic mass is 10.3. The molecule has 5 nitrogen and oxygen atoms in total. The van der Waals surface area contributed by atoms with Crippen molar-refractivity contribution in [3.63, 3.8) is 0 Å². The molecule has 0 amide bonds. The smallest absolute Gasteiger partial charge is 0.234 e. The highest BCUT2D eigenvalue weighted by molar-refractivity contribution is 5.85. The zero-order chi connectivity index (χ0) is 13.0. The van der Waals surface area contributed by atoms with Gasteiger partial charge in [0, 0.05) is 19.3 Å². The zero-order valence-corrected chi connectivity index (χ0v) is 10.6. The summed E-state index contributed by atoms with van der Waals surface area (Å²) < 4.78 is 0. The third-order valence-electron chi connectivity index (χ3n) is 2.71. The number of hydrogen-bond donors (Lipinski definition) is 0. The van der Waals surface area contributed by atoms with Crippen LogP contribution in [0.25, 0.3) is 11.0 Å². The van der Waals surface area contributed by atoms with Crippen LogP contribution in [0.2, 0.25) is 0 Å². The van der Waals surface area contributed by atoms with E-state index in [0.29, 0.717) is 5.52 Å². The second-order valence-electron chi connectivity index (χ2n) is 3.93. The highest BCUT2D eigenvalue weighted by atomic mass is 15.2. The third-order valence-corrected chi connectivity index (χ3v) is 2.71.